The van der Waals surface area contributed by atoms with Crippen LogP contribution in [0.5, 0.6) is 0 Å². The zero-order valence-electron chi connectivity index (χ0n) is 20.3. The first-order valence-electron chi connectivity index (χ1n) is 12.4. The van der Waals surface area contributed by atoms with Crippen LogP contribution in [0.4, 0.5) is 0 Å². The Morgan fingerprint density at radius 2 is 1.80 bits per heavy atom. The number of ketones is 1. The number of esters is 1. The maximum Gasteiger partial charge on any atom is 0.335 e. The summed E-state index contributed by atoms with van der Waals surface area (Å²) in [5, 5.41) is 46.4. The van der Waals surface area contributed by atoms with E-state index in [1.54, 1.807) is 19.9 Å². The number of carbonyl (C=O) groups is 2. The lowest BCUT2D eigenvalue weighted by Crippen LogP contribution is -2.74. The van der Waals surface area contributed by atoms with E-state index in [0.717, 1.165) is 0 Å². The fraction of sp³-hybridized carbons (Fsp3) is 0.731. The molecule has 9 nitrogen and oxygen atoms in total. The van der Waals surface area contributed by atoms with Crippen LogP contribution in [0.2, 0.25) is 0 Å². The molecule has 9 heteroatoms. The number of ether oxygens (including phenoxy) is 1. The van der Waals surface area contributed by atoms with Crippen LogP contribution in [0.25, 0.3) is 0 Å². The maximum absolute atomic E-state index is 13.9. The van der Waals surface area contributed by atoms with Gasteiger partial charge in [0.05, 0.1) is 29.0 Å². The average Bonchev–Trinajstić information content (AvgIpc) is 3.06. The SMILES string of the molecule is CC(=O)O[C@@H]1C[C@]2(O)CC[C@@H]3[C@@H]([C@@H](O)C(=O)[C@]4(C)[C@@H](c5ccc(=O)oc5)CC[C@]34O)[C@@]2(C)C[C@@H]1O. The highest BCUT2D eigenvalue weighted by Crippen LogP contribution is 2.70. The molecule has 4 saturated carbocycles. The Morgan fingerprint density at radius 3 is 2.43 bits per heavy atom. The van der Waals surface area contributed by atoms with Crippen molar-refractivity contribution in [3.8, 4) is 0 Å². The molecule has 0 spiro atoms. The molecule has 1 aromatic rings. The maximum atomic E-state index is 13.9. The monoisotopic (exact) mass is 490 g/mol. The second-order valence-corrected chi connectivity index (χ2v) is 11.7. The number of aliphatic hydroxyl groups is 4. The van der Waals surface area contributed by atoms with Crippen molar-refractivity contribution in [3.05, 3.63) is 34.4 Å². The van der Waals surface area contributed by atoms with Crippen LogP contribution in [0.15, 0.2) is 27.6 Å². The molecule has 0 aliphatic heterocycles. The molecule has 5 rings (SSSR count). The van der Waals surface area contributed by atoms with E-state index < -0.39 is 75.5 Å². The number of Topliss-reactive ketones (excluding diaryl/α,β-unsaturated/α-hetero) is 1. The first-order chi connectivity index (χ1) is 16.3. The Labute approximate surface area is 203 Å². The normalized spacial score (nSPS) is 49.1. The first kappa shape index (κ1) is 24.6. The zero-order chi connectivity index (χ0) is 25.6. The van der Waals surface area contributed by atoms with Gasteiger partial charge in [-0.15, -0.1) is 0 Å². The predicted octanol–water partition coefficient (Wildman–Crippen LogP) is 1.05. The molecule has 10 atom stereocenters. The summed E-state index contributed by atoms with van der Waals surface area (Å²) in [6.45, 7) is 4.70. The van der Waals surface area contributed by atoms with Gasteiger partial charge in [0.15, 0.2) is 5.78 Å². The Bertz CT molecular complexity index is 1090. The van der Waals surface area contributed by atoms with Crippen molar-refractivity contribution in [2.24, 2.45) is 22.7 Å². The van der Waals surface area contributed by atoms with E-state index in [9.17, 15) is 34.8 Å². The topological polar surface area (TPSA) is 154 Å². The number of rotatable bonds is 2. The van der Waals surface area contributed by atoms with Crippen LogP contribution < -0.4 is 5.63 Å². The van der Waals surface area contributed by atoms with Crippen molar-refractivity contribution < 1.29 is 39.2 Å². The Morgan fingerprint density at radius 1 is 1.09 bits per heavy atom. The van der Waals surface area contributed by atoms with Crippen LogP contribution in [-0.2, 0) is 14.3 Å². The molecule has 0 saturated heterocycles. The Kier molecular flexibility index (Phi) is 5.43. The lowest BCUT2D eigenvalue weighted by Gasteiger charge is -2.66. The molecule has 4 aliphatic rings. The third-order valence-electron chi connectivity index (χ3n) is 10.3. The van der Waals surface area contributed by atoms with E-state index >= 15 is 0 Å². The summed E-state index contributed by atoms with van der Waals surface area (Å²) >= 11 is 0. The van der Waals surface area contributed by atoms with Crippen molar-refractivity contribution in [3.63, 3.8) is 0 Å². The van der Waals surface area contributed by atoms with E-state index in [1.807, 2.05) is 0 Å². The van der Waals surface area contributed by atoms with Crippen LogP contribution in [0, 0.1) is 22.7 Å². The van der Waals surface area contributed by atoms with E-state index in [4.69, 9.17) is 9.15 Å². The number of hydrogen-bond acceptors (Lipinski definition) is 9. The van der Waals surface area contributed by atoms with Gasteiger partial charge in [-0.1, -0.05) is 6.92 Å². The standard InChI is InChI=1S/C26H34O9/c1-13(27)35-18-11-25(32)8-6-16-20(23(25,2)10-17(18)28)21(30)22(31)24(3)15(7-9-26(16,24)33)14-4-5-19(29)34-12-14/h4-5,12,15-18,20-21,28,30,32-33H,6-11H2,1-3H3/t15-,16-,17+,18-,20+,21-,23-,24+,25-,26+/m1/s1. The summed E-state index contributed by atoms with van der Waals surface area (Å²) in [7, 11) is 0. The van der Waals surface area contributed by atoms with Crippen LogP contribution in [0.3, 0.4) is 0 Å². The highest BCUT2D eigenvalue weighted by atomic mass is 16.6. The van der Waals surface area contributed by atoms with Gasteiger partial charge in [-0.2, -0.15) is 0 Å². The first-order valence-corrected chi connectivity index (χ1v) is 12.4. The van der Waals surface area contributed by atoms with E-state index in [1.165, 1.54) is 19.3 Å². The zero-order valence-corrected chi connectivity index (χ0v) is 20.3. The highest BCUT2D eigenvalue weighted by Gasteiger charge is 2.76. The lowest BCUT2D eigenvalue weighted by atomic mass is 9.40. The summed E-state index contributed by atoms with van der Waals surface area (Å²) in [6.07, 6.45) is -0.637. The fourth-order valence-corrected chi connectivity index (χ4v) is 8.45. The Hall–Kier alpha value is -2.07. The average molecular weight is 491 g/mol. The van der Waals surface area contributed by atoms with Crippen LogP contribution in [-0.4, -0.2) is 61.7 Å². The number of hydrogen-bond donors (Lipinski definition) is 4. The molecule has 0 aromatic carbocycles. The summed E-state index contributed by atoms with van der Waals surface area (Å²) in [5.41, 5.74) is -5.12. The molecule has 192 valence electrons. The van der Waals surface area contributed by atoms with Gasteiger partial charge in [0.25, 0.3) is 0 Å². The number of fused-ring (bicyclic) bond motifs is 5. The molecule has 0 unspecified atom stereocenters. The summed E-state index contributed by atoms with van der Waals surface area (Å²) in [6, 6.07) is 2.89. The highest BCUT2D eigenvalue weighted by molar-refractivity contribution is 5.93. The molecule has 4 aliphatic carbocycles. The van der Waals surface area contributed by atoms with Gasteiger partial charge >= 0.3 is 11.6 Å². The molecule has 1 heterocycles. The molecule has 0 radical (unpaired) electrons. The van der Waals surface area contributed by atoms with Crippen molar-refractivity contribution in [2.75, 3.05) is 0 Å². The molecular formula is C26H34O9. The fourth-order valence-electron chi connectivity index (χ4n) is 8.45. The smallest absolute Gasteiger partial charge is 0.335 e. The van der Waals surface area contributed by atoms with Crippen molar-refractivity contribution in [2.45, 2.75) is 94.7 Å². The van der Waals surface area contributed by atoms with E-state index in [0.29, 0.717) is 24.8 Å². The van der Waals surface area contributed by atoms with Gasteiger partial charge in [-0.05, 0) is 56.6 Å². The van der Waals surface area contributed by atoms with E-state index in [2.05, 4.69) is 0 Å². The van der Waals surface area contributed by atoms with Crippen molar-refractivity contribution in [1.82, 2.24) is 0 Å². The van der Waals surface area contributed by atoms with Crippen LogP contribution in [0.1, 0.15) is 70.8 Å². The molecule has 4 N–H and O–H groups in total. The molecule has 1 aromatic heterocycles. The Balaban J connectivity index is 1.55. The molecule has 35 heavy (non-hydrogen) atoms. The third-order valence-corrected chi connectivity index (χ3v) is 10.3. The number of carbonyl (C=O) groups excluding carboxylic acids is 2. The van der Waals surface area contributed by atoms with Gasteiger partial charge in [0.1, 0.15) is 12.2 Å². The summed E-state index contributed by atoms with van der Waals surface area (Å²) in [5.74, 6) is -2.78. The van der Waals surface area contributed by atoms with Gasteiger partial charge in [0, 0.05) is 36.7 Å². The van der Waals surface area contributed by atoms with Crippen molar-refractivity contribution >= 4 is 11.8 Å². The summed E-state index contributed by atoms with van der Waals surface area (Å²) < 4.78 is 10.3. The third kappa shape index (κ3) is 3.11. The minimum Gasteiger partial charge on any atom is -0.460 e. The lowest BCUT2D eigenvalue weighted by molar-refractivity contribution is -0.278. The van der Waals surface area contributed by atoms with Crippen molar-refractivity contribution in [1.29, 1.82) is 0 Å². The second kappa shape index (κ2) is 7.71. The van der Waals surface area contributed by atoms with E-state index in [-0.39, 0.29) is 19.3 Å². The summed E-state index contributed by atoms with van der Waals surface area (Å²) in [4.78, 5) is 37.0. The quantitative estimate of drug-likeness (QED) is 0.445. The number of aliphatic hydroxyl groups excluding tert-OH is 2. The van der Waals surface area contributed by atoms with Gasteiger partial charge in [-0.3, -0.25) is 9.59 Å². The molecule has 0 bridgehead atoms. The second-order valence-electron chi connectivity index (χ2n) is 11.7. The molecular weight excluding hydrogens is 456 g/mol. The minimum absolute atomic E-state index is 0.00422. The molecule has 0 amide bonds. The van der Waals surface area contributed by atoms with Gasteiger partial charge in [-0.25, -0.2) is 4.79 Å². The minimum atomic E-state index is -1.46. The largest absolute Gasteiger partial charge is 0.460 e. The van der Waals surface area contributed by atoms with Gasteiger partial charge in [0.2, 0.25) is 0 Å². The predicted molar refractivity (Wildman–Crippen MR) is 121 cm³/mol. The van der Waals surface area contributed by atoms with Gasteiger partial charge < -0.3 is 29.6 Å². The molecule has 4 fully saturated rings. The van der Waals surface area contributed by atoms with Crippen LogP contribution >= 0.6 is 0 Å².